The number of hydrogen-bond donors (Lipinski definition) is 2. The van der Waals surface area contributed by atoms with Crippen LogP contribution < -0.4 is 10.6 Å². The normalized spacial score (nSPS) is 25.2. The van der Waals surface area contributed by atoms with Crippen molar-refractivity contribution < 1.29 is 4.79 Å². The first-order chi connectivity index (χ1) is 9.72. The van der Waals surface area contributed by atoms with Gasteiger partial charge in [0.25, 0.3) is 0 Å². The first kappa shape index (κ1) is 13.6. The largest absolute Gasteiger partial charge is 0.352 e. The maximum Gasteiger partial charge on any atom is 0.223 e. The van der Waals surface area contributed by atoms with Crippen LogP contribution >= 0.6 is 0 Å². The molecule has 1 fully saturated rings. The van der Waals surface area contributed by atoms with Crippen molar-refractivity contribution in [2.45, 2.75) is 52.2 Å². The summed E-state index contributed by atoms with van der Waals surface area (Å²) in [6, 6.07) is 6.53. The molecule has 0 unspecified atom stereocenters. The van der Waals surface area contributed by atoms with Gasteiger partial charge in [-0.25, -0.2) is 0 Å². The highest BCUT2D eigenvalue weighted by Gasteiger charge is 2.24. The van der Waals surface area contributed by atoms with Gasteiger partial charge >= 0.3 is 0 Å². The Morgan fingerprint density at radius 3 is 2.75 bits per heavy atom. The highest BCUT2D eigenvalue weighted by Crippen LogP contribution is 2.28. The van der Waals surface area contributed by atoms with Gasteiger partial charge in [0.2, 0.25) is 5.91 Å². The Kier molecular flexibility index (Phi) is 4.06. The Balaban J connectivity index is 1.53. The summed E-state index contributed by atoms with van der Waals surface area (Å²) in [5, 5.41) is 6.46. The summed E-state index contributed by atoms with van der Waals surface area (Å²) >= 11 is 0. The molecule has 108 valence electrons. The van der Waals surface area contributed by atoms with Crippen LogP contribution in [0.3, 0.4) is 0 Å². The van der Waals surface area contributed by atoms with Crippen LogP contribution in [0.4, 0.5) is 0 Å². The summed E-state index contributed by atoms with van der Waals surface area (Å²) in [7, 11) is 0. The molecule has 1 heterocycles. The molecule has 0 bridgehead atoms. The quantitative estimate of drug-likeness (QED) is 0.888. The molecular formula is C17H24N2O. The first-order valence-electron chi connectivity index (χ1n) is 7.81. The van der Waals surface area contributed by atoms with Crippen LogP contribution in [-0.2, 0) is 24.4 Å². The number of carbonyl (C=O) groups is 1. The van der Waals surface area contributed by atoms with Gasteiger partial charge in [0.15, 0.2) is 0 Å². The lowest BCUT2D eigenvalue weighted by Gasteiger charge is -2.25. The third-order valence-electron chi connectivity index (χ3n) is 4.75. The average Bonchev–Trinajstić information content (AvgIpc) is 2.93. The predicted octanol–water partition coefficient (Wildman–Crippen LogP) is 2.73. The van der Waals surface area contributed by atoms with E-state index in [1.807, 2.05) is 0 Å². The van der Waals surface area contributed by atoms with Crippen molar-refractivity contribution in [2.75, 3.05) is 0 Å². The first-order valence-corrected chi connectivity index (χ1v) is 7.81. The Bertz CT molecular complexity index is 490. The van der Waals surface area contributed by atoms with Crippen LogP contribution in [0, 0.1) is 11.8 Å². The zero-order valence-electron chi connectivity index (χ0n) is 12.2. The summed E-state index contributed by atoms with van der Waals surface area (Å²) in [6.07, 6.45) is 4.51. The molecule has 20 heavy (non-hydrogen) atoms. The van der Waals surface area contributed by atoms with Crippen molar-refractivity contribution in [1.29, 1.82) is 0 Å². The molecule has 1 aromatic rings. The molecule has 0 spiro atoms. The predicted molar refractivity (Wildman–Crippen MR) is 80.0 cm³/mol. The van der Waals surface area contributed by atoms with E-state index >= 15 is 0 Å². The van der Waals surface area contributed by atoms with Crippen LogP contribution in [0.2, 0.25) is 0 Å². The molecule has 0 saturated heterocycles. The molecule has 2 aliphatic rings. The van der Waals surface area contributed by atoms with E-state index in [1.54, 1.807) is 0 Å². The van der Waals surface area contributed by atoms with Gasteiger partial charge in [-0.05, 0) is 48.3 Å². The Morgan fingerprint density at radius 2 is 1.95 bits per heavy atom. The lowest BCUT2D eigenvalue weighted by atomic mass is 9.82. The fraction of sp³-hybridized carbons (Fsp3) is 0.588. The standard InChI is InChI=1S/C17H24N2O/c1-12-2-5-14(6-3-12)17(20)19-9-13-4-7-15-10-18-11-16(15)8-13/h4,7-8,12,14,18H,2-3,5-6,9-11H2,1H3,(H,19,20). The van der Waals surface area contributed by atoms with Crippen molar-refractivity contribution in [2.24, 2.45) is 11.8 Å². The number of fused-ring (bicyclic) bond motifs is 1. The van der Waals surface area contributed by atoms with E-state index in [1.165, 1.54) is 29.5 Å². The SMILES string of the molecule is CC1CCC(C(=O)NCc2ccc3c(c2)CNC3)CC1. The summed E-state index contributed by atoms with van der Waals surface area (Å²) in [5.74, 6) is 1.28. The molecule has 1 aliphatic heterocycles. The molecule has 1 aromatic carbocycles. The number of carbonyl (C=O) groups excluding carboxylic acids is 1. The lowest BCUT2D eigenvalue weighted by molar-refractivity contribution is -0.126. The number of amides is 1. The molecule has 0 radical (unpaired) electrons. The molecule has 3 nitrogen and oxygen atoms in total. The van der Waals surface area contributed by atoms with Crippen molar-refractivity contribution in [1.82, 2.24) is 10.6 Å². The highest BCUT2D eigenvalue weighted by molar-refractivity contribution is 5.78. The zero-order valence-corrected chi connectivity index (χ0v) is 12.2. The second kappa shape index (κ2) is 5.96. The van der Waals surface area contributed by atoms with Crippen LogP contribution in [-0.4, -0.2) is 5.91 Å². The van der Waals surface area contributed by atoms with Gasteiger partial charge in [0.05, 0.1) is 0 Å². The van der Waals surface area contributed by atoms with Gasteiger partial charge in [-0.1, -0.05) is 25.1 Å². The van der Waals surface area contributed by atoms with Crippen LogP contribution in [0.15, 0.2) is 18.2 Å². The molecule has 1 saturated carbocycles. The van der Waals surface area contributed by atoms with Gasteiger partial charge in [-0.3, -0.25) is 4.79 Å². The van der Waals surface area contributed by atoms with Crippen molar-refractivity contribution in [3.63, 3.8) is 0 Å². The van der Waals surface area contributed by atoms with E-state index in [-0.39, 0.29) is 11.8 Å². The molecule has 0 aromatic heterocycles. The van der Waals surface area contributed by atoms with E-state index in [2.05, 4.69) is 35.8 Å². The molecular weight excluding hydrogens is 248 g/mol. The second-order valence-corrected chi connectivity index (χ2v) is 6.38. The van der Waals surface area contributed by atoms with Crippen LogP contribution in [0.1, 0.15) is 49.3 Å². The van der Waals surface area contributed by atoms with E-state index in [9.17, 15) is 4.79 Å². The third kappa shape index (κ3) is 3.04. The van der Waals surface area contributed by atoms with Gasteiger partial charge in [-0.2, -0.15) is 0 Å². The maximum atomic E-state index is 12.2. The van der Waals surface area contributed by atoms with Gasteiger partial charge in [0.1, 0.15) is 0 Å². The number of benzene rings is 1. The smallest absolute Gasteiger partial charge is 0.223 e. The molecule has 2 N–H and O–H groups in total. The monoisotopic (exact) mass is 272 g/mol. The summed E-state index contributed by atoms with van der Waals surface area (Å²) in [6.45, 7) is 4.88. The summed E-state index contributed by atoms with van der Waals surface area (Å²) < 4.78 is 0. The minimum absolute atomic E-state index is 0.238. The number of nitrogens with one attached hydrogen (secondary N) is 2. The highest BCUT2D eigenvalue weighted by atomic mass is 16.1. The van der Waals surface area contributed by atoms with Gasteiger partial charge in [0, 0.05) is 25.6 Å². The van der Waals surface area contributed by atoms with Crippen molar-refractivity contribution in [3.05, 3.63) is 34.9 Å². The average molecular weight is 272 g/mol. The molecule has 0 atom stereocenters. The molecule has 3 rings (SSSR count). The summed E-state index contributed by atoms with van der Waals surface area (Å²) in [4.78, 5) is 12.2. The Labute approximate surface area is 121 Å². The van der Waals surface area contributed by atoms with Crippen molar-refractivity contribution in [3.8, 4) is 0 Å². The Hall–Kier alpha value is -1.35. The third-order valence-corrected chi connectivity index (χ3v) is 4.75. The van der Waals surface area contributed by atoms with E-state index in [0.717, 1.165) is 31.8 Å². The van der Waals surface area contributed by atoms with Crippen LogP contribution in [0.5, 0.6) is 0 Å². The van der Waals surface area contributed by atoms with Crippen LogP contribution in [0.25, 0.3) is 0 Å². The Morgan fingerprint density at radius 1 is 1.20 bits per heavy atom. The molecule has 1 amide bonds. The van der Waals surface area contributed by atoms with Crippen molar-refractivity contribution >= 4 is 5.91 Å². The topological polar surface area (TPSA) is 41.1 Å². The fourth-order valence-electron chi connectivity index (χ4n) is 3.31. The molecule has 3 heteroatoms. The number of hydrogen-bond acceptors (Lipinski definition) is 2. The summed E-state index contributed by atoms with van der Waals surface area (Å²) in [5.41, 5.74) is 3.98. The molecule has 1 aliphatic carbocycles. The lowest BCUT2D eigenvalue weighted by Crippen LogP contribution is -2.32. The van der Waals surface area contributed by atoms with E-state index in [0.29, 0.717) is 6.54 Å². The van der Waals surface area contributed by atoms with E-state index < -0.39 is 0 Å². The maximum absolute atomic E-state index is 12.2. The minimum atomic E-state index is 0.238. The van der Waals surface area contributed by atoms with Gasteiger partial charge < -0.3 is 10.6 Å². The second-order valence-electron chi connectivity index (χ2n) is 6.38. The number of rotatable bonds is 3. The zero-order chi connectivity index (χ0) is 13.9. The van der Waals surface area contributed by atoms with E-state index in [4.69, 9.17) is 0 Å². The van der Waals surface area contributed by atoms with Gasteiger partial charge in [-0.15, -0.1) is 0 Å². The fourth-order valence-corrected chi connectivity index (χ4v) is 3.31. The minimum Gasteiger partial charge on any atom is -0.352 e.